The van der Waals surface area contributed by atoms with Crippen LogP contribution in [0, 0.1) is 5.92 Å². The Morgan fingerprint density at radius 2 is 2.29 bits per heavy atom. The molecule has 14 heavy (non-hydrogen) atoms. The standard InChI is InChI=1S/C10H15IO3/c1-8(5-6-11)10(13)4-3-9(7-12)14-2/h3,5-8,10,13H,4H2,1-2H3/b6-5+,9-3+/t8-,10-/m0/s1. The Labute approximate surface area is 98.0 Å². The largest absolute Gasteiger partial charge is 0.494 e. The zero-order valence-corrected chi connectivity index (χ0v) is 10.5. The van der Waals surface area contributed by atoms with Gasteiger partial charge in [-0.3, -0.25) is 4.79 Å². The second-order valence-corrected chi connectivity index (χ2v) is 3.63. The highest BCUT2D eigenvalue weighted by Crippen LogP contribution is 2.11. The second-order valence-electron chi connectivity index (χ2n) is 2.91. The van der Waals surface area contributed by atoms with Gasteiger partial charge in [-0.25, -0.2) is 0 Å². The lowest BCUT2D eigenvalue weighted by Crippen LogP contribution is -2.14. The van der Waals surface area contributed by atoms with Crippen molar-refractivity contribution >= 4 is 28.9 Å². The number of halogens is 1. The summed E-state index contributed by atoms with van der Waals surface area (Å²) >= 11 is 2.10. The van der Waals surface area contributed by atoms with Crippen molar-refractivity contribution in [3.63, 3.8) is 0 Å². The van der Waals surface area contributed by atoms with Crippen molar-refractivity contribution in [3.05, 3.63) is 22.0 Å². The zero-order valence-electron chi connectivity index (χ0n) is 8.31. The van der Waals surface area contributed by atoms with Gasteiger partial charge in [-0.15, -0.1) is 0 Å². The third-order valence-corrected chi connectivity index (χ3v) is 2.31. The molecule has 3 nitrogen and oxygen atoms in total. The Hall–Kier alpha value is -0.360. The number of methoxy groups -OCH3 is 1. The van der Waals surface area contributed by atoms with Crippen molar-refractivity contribution in [2.45, 2.75) is 19.4 Å². The first kappa shape index (κ1) is 13.6. The van der Waals surface area contributed by atoms with Crippen LogP contribution in [0.3, 0.4) is 0 Å². The van der Waals surface area contributed by atoms with Crippen molar-refractivity contribution in [2.75, 3.05) is 7.11 Å². The monoisotopic (exact) mass is 310 g/mol. The topological polar surface area (TPSA) is 46.5 Å². The van der Waals surface area contributed by atoms with Crippen molar-refractivity contribution < 1.29 is 14.6 Å². The predicted octanol–water partition coefficient (Wildman–Crippen LogP) is 2.05. The molecule has 1 N–H and O–H groups in total. The fraction of sp³-hybridized carbons (Fsp3) is 0.500. The number of hydrogen-bond acceptors (Lipinski definition) is 3. The minimum absolute atomic E-state index is 0.0768. The van der Waals surface area contributed by atoms with E-state index in [1.807, 2.05) is 17.1 Å². The fourth-order valence-electron chi connectivity index (χ4n) is 0.874. The molecule has 0 spiro atoms. The van der Waals surface area contributed by atoms with E-state index in [9.17, 15) is 9.90 Å². The summed E-state index contributed by atoms with van der Waals surface area (Å²) in [5.74, 6) is 0.336. The van der Waals surface area contributed by atoms with Crippen LogP contribution in [0.1, 0.15) is 13.3 Å². The average molecular weight is 310 g/mol. The molecule has 0 amide bonds. The van der Waals surface area contributed by atoms with Crippen LogP contribution in [0.2, 0.25) is 0 Å². The first-order valence-corrected chi connectivity index (χ1v) is 5.54. The van der Waals surface area contributed by atoms with Crippen LogP contribution in [0.4, 0.5) is 0 Å². The van der Waals surface area contributed by atoms with E-state index in [1.165, 1.54) is 7.11 Å². The highest BCUT2D eigenvalue weighted by molar-refractivity contribution is 14.1. The Morgan fingerprint density at radius 1 is 1.64 bits per heavy atom. The van der Waals surface area contributed by atoms with Gasteiger partial charge >= 0.3 is 0 Å². The van der Waals surface area contributed by atoms with Crippen LogP contribution in [-0.4, -0.2) is 24.6 Å². The van der Waals surface area contributed by atoms with E-state index in [1.54, 1.807) is 6.08 Å². The van der Waals surface area contributed by atoms with Gasteiger partial charge in [0, 0.05) is 5.92 Å². The van der Waals surface area contributed by atoms with Crippen LogP contribution < -0.4 is 0 Å². The minimum Gasteiger partial charge on any atom is -0.494 e. The smallest absolute Gasteiger partial charge is 0.184 e. The molecule has 0 radical (unpaired) electrons. The number of carbonyl (C=O) groups is 1. The van der Waals surface area contributed by atoms with Crippen molar-refractivity contribution in [2.24, 2.45) is 5.92 Å². The summed E-state index contributed by atoms with van der Waals surface area (Å²) in [5.41, 5.74) is 0. The number of carbonyl (C=O) groups excluding carboxylic acids is 1. The molecule has 0 aromatic heterocycles. The molecule has 0 saturated heterocycles. The van der Waals surface area contributed by atoms with Crippen LogP contribution in [0.25, 0.3) is 0 Å². The summed E-state index contributed by atoms with van der Waals surface area (Å²) in [5, 5.41) is 9.62. The molecular weight excluding hydrogens is 295 g/mol. The molecule has 0 fully saturated rings. The average Bonchev–Trinajstić information content (AvgIpc) is 2.19. The maximum Gasteiger partial charge on any atom is 0.184 e. The quantitative estimate of drug-likeness (QED) is 0.353. The Balaban J connectivity index is 4.11. The van der Waals surface area contributed by atoms with Gasteiger partial charge in [-0.1, -0.05) is 35.6 Å². The normalized spacial score (nSPS) is 16.7. The van der Waals surface area contributed by atoms with Gasteiger partial charge in [0.15, 0.2) is 12.0 Å². The number of allylic oxidation sites excluding steroid dienone is 1. The van der Waals surface area contributed by atoms with E-state index >= 15 is 0 Å². The highest BCUT2D eigenvalue weighted by Gasteiger charge is 2.09. The summed E-state index contributed by atoms with van der Waals surface area (Å²) in [4.78, 5) is 10.4. The van der Waals surface area contributed by atoms with Crippen LogP contribution in [-0.2, 0) is 9.53 Å². The summed E-state index contributed by atoms with van der Waals surface area (Å²) in [6, 6.07) is 0. The van der Waals surface area contributed by atoms with E-state index < -0.39 is 6.10 Å². The molecule has 80 valence electrons. The van der Waals surface area contributed by atoms with Crippen molar-refractivity contribution in [1.82, 2.24) is 0 Å². The Bertz CT molecular complexity index is 223. The first-order valence-electron chi connectivity index (χ1n) is 4.30. The molecular formula is C10H15IO3. The van der Waals surface area contributed by atoms with Gasteiger partial charge in [-0.2, -0.15) is 0 Å². The maximum atomic E-state index is 10.4. The third-order valence-electron chi connectivity index (χ3n) is 1.90. The molecule has 0 aliphatic carbocycles. The summed E-state index contributed by atoms with van der Waals surface area (Å²) in [7, 11) is 1.43. The summed E-state index contributed by atoms with van der Waals surface area (Å²) < 4.78 is 6.62. The number of hydrogen-bond donors (Lipinski definition) is 1. The molecule has 4 heteroatoms. The maximum absolute atomic E-state index is 10.4. The molecule has 0 aliphatic rings. The SMILES string of the molecule is CO/C(C=O)=C/C[C@H](O)[C@@H](C)/C=C/I. The highest BCUT2D eigenvalue weighted by atomic mass is 127. The fourth-order valence-corrected chi connectivity index (χ4v) is 1.53. The number of aliphatic hydroxyl groups excluding tert-OH is 1. The summed E-state index contributed by atoms with van der Waals surface area (Å²) in [6.45, 7) is 1.92. The number of rotatable bonds is 6. The molecule has 0 saturated carbocycles. The molecule has 0 aromatic rings. The lowest BCUT2D eigenvalue weighted by atomic mass is 10.0. The Kier molecular flexibility index (Phi) is 7.78. The van der Waals surface area contributed by atoms with Gasteiger partial charge < -0.3 is 9.84 Å². The van der Waals surface area contributed by atoms with Gasteiger partial charge in [0.25, 0.3) is 0 Å². The van der Waals surface area contributed by atoms with Gasteiger partial charge in [0.1, 0.15) is 0 Å². The van der Waals surface area contributed by atoms with Crippen molar-refractivity contribution in [1.29, 1.82) is 0 Å². The number of aldehydes is 1. The third kappa shape index (κ3) is 5.39. The minimum atomic E-state index is -0.480. The van der Waals surface area contributed by atoms with E-state index in [-0.39, 0.29) is 11.7 Å². The second kappa shape index (κ2) is 7.99. The predicted molar refractivity (Wildman–Crippen MR) is 64.1 cm³/mol. The lowest BCUT2D eigenvalue weighted by Gasteiger charge is -2.12. The van der Waals surface area contributed by atoms with Gasteiger partial charge in [0.05, 0.1) is 13.2 Å². The molecule has 0 unspecified atom stereocenters. The number of aliphatic hydroxyl groups is 1. The molecule has 0 heterocycles. The van der Waals surface area contributed by atoms with Gasteiger partial charge in [0.2, 0.25) is 0 Å². The van der Waals surface area contributed by atoms with Gasteiger partial charge in [-0.05, 0) is 16.6 Å². The Morgan fingerprint density at radius 3 is 2.71 bits per heavy atom. The van der Waals surface area contributed by atoms with Crippen LogP contribution in [0.15, 0.2) is 22.0 Å². The molecule has 0 rings (SSSR count). The molecule has 0 bridgehead atoms. The van der Waals surface area contributed by atoms with E-state index in [4.69, 9.17) is 4.74 Å². The van der Waals surface area contributed by atoms with E-state index in [2.05, 4.69) is 22.6 Å². The lowest BCUT2D eigenvalue weighted by molar-refractivity contribution is -0.107. The van der Waals surface area contributed by atoms with Crippen LogP contribution >= 0.6 is 22.6 Å². The zero-order chi connectivity index (χ0) is 11.0. The molecule has 2 atom stereocenters. The molecule has 0 aliphatic heterocycles. The van der Waals surface area contributed by atoms with E-state index in [0.29, 0.717) is 12.7 Å². The summed E-state index contributed by atoms with van der Waals surface area (Å²) in [6.07, 6.45) is 4.07. The first-order chi connectivity index (χ1) is 6.65. The molecule has 0 aromatic carbocycles. The van der Waals surface area contributed by atoms with E-state index in [0.717, 1.165) is 0 Å². The van der Waals surface area contributed by atoms with Crippen LogP contribution in [0.5, 0.6) is 0 Å². The van der Waals surface area contributed by atoms with Crippen molar-refractivity contribution in [3.8, 4) is 0 Å². The number of ether oxygens (including phenoxy) is 1.